The fourth-order valence-corrected chi connectivity index (χ4v) is 4.00. The molecule has 4 nitrogen and oxygen atoms in total. The van der Waals surface area contributed by atoms with Crippen LogP contribution in [0, 0.1) is 6.92 Å². The van der Waals surface area contributed by atoms with E-state index in [1.165, 1.54) is 6.42 Å². The zero-order valence-electron chi connectivity index (χ0n) is 14.8. The van der Waals surface area contributed by atoms with Gasteiger partial charge in [-0.25, -0.2) is 0 Å². The predicted octanol–water partition coefficient (Wildman–Crippen LogP) is 4.11. The van der Waals surface area contributed by atoms with Gasteiger partial charge in [-0.15, -0.1) is 0 Å². The molecule has 130 valence electrons. The Labute approximate surface area is 147 Å². The number of nitrogens with zero attached hydrogens (tertiary/aromatic N) is 1. The molecule has 0 unspecified atom stereocenters. The van der Waals surface area contributed by atoms with Crippen LogP contribution in [0.15, 0.2) is 40.8 Å². The Balaban J connectivity index is 1.61. The Morgan fingerprint density at radius 3 is 2.92 bits per heavy atom. The summed E-state index contributed by atoms with van der Waals surface area (Å²) in [5.41, 5.74) is 1.72. The van der Waals surface area contributed by atoms with Crippen LogP contribution in [0.3, 0.4) is 0 Å². The number of carbonyl (C=O) groups excluding carboxylic acids is 1. The molecule has 1 aromatic heterocycles. The normalized spacial score (nSPS) is 18.2. The Morgan fingerprint density at radius 2 is 2.08 bits per heavy atom. The molecule has 0 spiro atoms. The average Bonchev–Trinajstić information content (AvgIpc) is 3.24. The Morgan fingerprint density at radius 1 is 1.24 bits per heavy atom. The van der Waals surface area contributed by atoms with Crippen molar-refractivity contribution in [1.82, 2.24) is 10.2 Å². The standard InChI is InChI=1S/C21H24N2O2/c1-3-23-12-6-8-16(23)13-22-21(24)19-14(2)17-11-10-15-7-4-5-9-18(15)20(17)25-19/h4-5,7,9-11,16H,3,6,8,12-13H2,1-2H3,(H,22,24)/t16-/m1/s1. The van der Waals surface area contributed by atoms with Gasteiger partial charge in [-0.05, 0) is 38.2 Å². The minimum Gasteiger partial charge on any atom is -0.450 e. The van der Waals surface area contributed by atoms with Crippen LogP contribution in [0.25, 0.3) is 21.7 Å². The van der Waals surface area contributed by atoms with Gasteiger partial charge in [-0.2, -0.15) is 0 Å². The minimum absolute atomic E-state index is 0.110. The van der Waals surface area contributed by atoms with Crippen molar-refractivity contribution in [3.8, 4) is 0 Å². The van der Waals surface area contributed by atoms with Crippen LogP contribution >= 0.6 is 0 Å². The molecule has 25 heavy (non-hydrogen) atoms. The summed E-state index contributed by atoms with van der Waals surface area (Å²) in [5, 5.41) is 6.27. The van der Waals surface area contributed by atoms with E-state index in [1.807, 2.05) is 31.2 Å². The first-order valence-corrected chi connectivity index (χ1v) is 9.12. The number of benzene rings is 2. The van der Waals surface area contributed by atoms with Gasteiger partial charge in [0, 0.05) is 28.9 Å². The minimum atomic E-state index is -0.110. The average molecular weight is 336 g/mol. The second kappa shape index (κ2) is 6.52. The van der Waals surface area contributed by atoms with Crippen molar-refractivity contribution < 1.29 is 9.21 Å². The molecule has 1 fully saturated rings. The number of fused-ring (bicyclic) bond motifs is 3. The molecule has 2 heterocycles. The highest BCUT2D eigenvalue weighted by molar-refractivity contribution is 6.08. The number of carbonyl (C=O) groups is 1. The van der Waals surface area contributed by atoms with E-state index in [1.54, 1.807) is 0 Å². The molecule has 1 amide bonds. The lowest BCUT2D eigenvalue weighted by Crippen LogP contribution is -2.40. The van der Waals surface area contributed by atoms with Gasteiger partial charge < -0.3 is 9.73 Å². The summed E-state index contributed by atoms with van der Waals surface area (Å²) in [6.45, 7) is 6.99. The molecule has 1 aliphatic heterocycles. The molecule has 4 rings (SSSR count). The van der Waals surface area contributed by atoms with Crippen molar-refractivity contribution >= 4 is 27.6 Å². The van der Waals surface area contributed by atoms with Crippen LogP contribution in [0.2, 0.25) is 0 Å². The molecular formula is C21H24N2O2. The second-order valence-electron chi connectivity index (χ2n) is 6.85. The lowest BCUT2D eigenvalue weighted by Gasteiger charge is -2.22. The molecule has 0 bridgehead atoms. The lowest BCUT2D eigenvalue weighted by atomic mass is 10.1. The maximum atomic E-state index is 12.7. The van der Waals surface area contributed by atoms with Gasteiger partial charge in [-0.3, -0.25) is 9.69 Å². The number of aryl methyl sites for hydroxylation is 1. The number of hydrogen-bond acceptors (Lipinski definition) is 3. The van der Waals surface area contributed by atoms with Crippen LogP contribution < -0.4 is 5.32 Å². The van der Waals surface area contributed by atoms with Crippen molar-refractivity contribution in [3.63, 3.8) is 0 Å². The highest BCUT2D eigenvalue weighted by Crippen LogP contribution is 2.31. The number of furan rings is 1. The van der Waals surface area contributed by atoms with Gasteiger partial charge in [0.05, 0.1) is 0 Å². The number of likely N-dealkylation sites (N-methyl/N-ethyl adjacent to an activating group) is 1. The molecule has 1 saturated heterocycles. The molecular weight excluding hydrogens is 312 g/mol. The smallest absolute Gasteiger partial charge is 0.287 e. The summed E-state index contributed by atoms with van der Waals surface area (Å²) in [7, 11) is 0. The third-order valence-electron chi connectivity index (χ3n) is 5.44. The molecule has 0 aliphatic carbocycles. The first kappa shape index (κ1) is 16.2. The maximum absolute atomic E-state index is 12.7. The SMILES string of the molecule is CCN1CCC[C@@H]1CNC(=O)c1oc2c(ccc3ccccc32)c1C. The van der Waals surface area contributed by atoms with E-state index in [9.17, 15) is 4.79 Å². The van der Waals surface area contributed by atoms with Gasteiger partial charge >= 0.3 is 0 Å². The van der Waals surface area contributed by atoms with Crippen LogP contribution in [0.5, 0.6) is 0 Å². The Hall–Kier alpha value is -2.33. The maximum Gasteiger partial charge on any atom is 0.287 e. The molecule has 3 aromatic rings. The number of hydrogen-bond donors (Lipinski definition) is 1. The van der Waals surface area contributed by atoms with Crippen molar-refractivity contribution in [3.05, 3.63) is 47.7 Å². The number of likely N-dealkylation sites (tertiary alicyclic amines) is 1. The van der Waals surface area contributed by atoms with E-state index in [2.05, 4.69) is 29.3 Å². The van der Waals surface area contributed by atoms with E-state index in [0.29, 0.717) is 18.3 Å². The van der Waals surface area contributed by atoms with Gasteiger partial charge in [0.1, 0.15) is 5.58 Å². The molecule has 1 N–H and O–H groups in total. The third kappa shape index (κ3) is 2.81. The van der Waals surface area contributed by atoms with Crippen molar-refractivity contribution in [2.75, 3.05) is 19.6 Å². The largest absolute Gasteiger partial charge is 0.450 e. The highest BCUT2D eigenvalue weighted by atomic mass is 16.3. The molecule has 1 atom stereocenters. The number of nitrogens with one attached hydrogen (secondary N) is 1. The fourth-order valence-electron chi connectivity index (χ4n) is 4.00. The summed E-state index contributed by atoms with van der Waals surface area (Å²) >= 11 is 0. The van der Waals surface area contributed by atoms with Gasteiger partial charge in [0.15, 0.2) is 5.76 Å². The van der Waals surface area contributed by atoms with Crippen molar-refractivity contribution in [2.24, 2.45) is 0 Å². The van der Waals surface area contributed by atoms with E-state index in [0.717, 1.165) is 46.8 Å². The summed E-state index contributed by atoms with van der Waals surface area (Å²) < 4.78 is 6.02. The van der Waals surface area contributed by atoms with Crippen molar-refractivity contribution in [1.29, 1.82) is 0 Å². The van der Waals surface area contributed by atoms with Crippen LogP contribution in [0.1, 0.15) is 35.9 Å². The highest BCUT2D eigenvalue weighted by Gasteiger charge is 2.25. The number of amides is 1. The predicted molar refractivity (Wildman–Crippen MR) is 101 cm³/mol. The zero-order valence-corrected chi connectivity index (χ0v) is 14.8. The quantitative estimate of drug-likeness (QED) is 0.780. The summed E-state index contributed by atoms with van der Waals surface area (Å²) in [5.74, 6) is 0.327. The summed E-state index contributed by atoms with van der Waals surface area (Å²) in [4.78, 5) is 15.1. The zero-order chi connectivity index (χ0) is 17.4. The molecule has 2 aromatic carbocycles. The first-order chi connectivity index (χ1) is 12.2. The van der Waals surface area contributed by atoms with Crippen LogP contribution in [-0.2, 0) is 0 Å². The third-order valence-corrected chi connectivity index (χ3v) is 5.44. The van der Waals surface area contributed by atoms with Crippen molar-refractivity contribution in [2.45, 2.75) is 32.7 Å². The van der Waals surface area contributed by atoms with E-state index >= 15 is 0 Å². The van der Waals surface area contributed by atoms with E-state index < -0.39 is 0 Å². The van der Waals surface area contributed by atoms with Gasteiger partial charge in [0.2, 0.25) is 0 Å². The first-order valence-electron chi connectivity index (χ1n) is 9.12. The van der Waals surface area contributed by atoms with Gasteiger partial charge in [0.25, 0.3) is 5.91 Å². The fraction of sp³-hybridized carbons (Fsp3) is 0.381. The topological polar surface area (TPSA) is 45.5 Å². The van der Waals surface area contributed by atoms with E-state index in [4.69, 9.17) is 4.42 Å². The van der Waals surface area contributed by atoms with E-state index in [-0.39, 0.29) is 5.91 Å². The van der Waals surface area contributed by atoms with Gasteiger partial charge in [-0.1, -0.05) is 43.3 Å². The Kier molecular flexibility index (Phi) is 4.22. The second-order valence-corrected chi connectivity index (χ2v) is 6.85. The lowest BCUT2D eigenvalue weighted by molar-refractivity contribution is 0.0915. The monoisotopic (exact) mass is 336 g/mol. The van der Waals surface area contributed by atoms with Crippen LogP contribution in [-0.4, -0.2) is 36.5 Å². The molecule has 1 aliphatic rings. The molecule has 0 radical (unpaired) electrons. The summed E-state index contributed by atoms with van der Waals surface area (Å²) in [6, 6.07) is 12.7. The molecule has 4 heteroatoms. The Bertz CT molecular complexity index is 928. The number of rotatable bonds is 4. The van der Waals surface area contributed by atoms with Crippen LogP contribution in [0.4, 0.5) is 0 Å². The summed E-state index contributed by atoms with van der Waals surface area (Å²) in [6.07, 6.45) is 2.36. The molecule has 0 saturated carbocycles.